The molecule has 1 unspecified atom stereocenters. The van der Waals surface area contributed by atoms with Crippen LogP contribution in [0.25, 0.3) is 0 Å². The molecular formula is C13H18O4S. The van der Waals surface area contributed by atoms with Crippen LogP contribution in [-0.4, -0.2) is 31.1 Å². The fourth-order valence-corrected chi connectivity index (χ4v) is 3.64. The molecule has 0 bridgehead atoms. The van der Waals surface area contributed by atoms with Crippen LogP contribution in [0.1, 0.15) is 31.4 Å². The average Bonchev–Trinajstić information content (AvgIpc) is 2.68. The number of hydrogen-bond donors (Lipinski definition) is 1. The van der Waals surface area contributed by atoms with Gasteiger partial charge in [-0.2, -0.15) is 0 Å². The van der Waals surface area contributed by atoms with Gasteiger partial charge in [-0.3, -0.25) is 0 Å². The molecule has 0 aromatic heterocycles. The Morgan fingerprint density at radius 1 is 1.39 bits per heavy atom. The Morgan fingerprint density at radius 3 is 2.56 bits per heavy atom. The summed E-state index contributed by atoms with van der Waals surface area (Å²) in [6, 6.07) is 7.18. The van der Waals surface area contributed by atoms with Crippen LogP contribution in [0.4, 0.5) is 0 Å². The molecule has 0 saturated carbocycles. The van der Waals surface area contributed by atoms with Crippen LogP contribution in [0, 0.1) is 0 Å². The van der Waals surface area contributed by atoms with E-state index >= 15 is 0 Å². The summed E-state index contributed by atoms with van der Waals surface area (Å²) in [4.78, 5) is 0. The lowest BCUT2D eigenvalue weighted by molar-refractivity contribution is 0.173. The molecule has 4 nitrogen and oxygen atoms in total. The van der Waals surface area contributed by atoms with Crippen LogP contribution in [0.2, 0.25) is 0 Å². The minimum atomic E-state index is -2.91. The van der Waals surface area contributed by atoms with E-state index in [4.69, 9.17) is 4.74 Å². The van der Waals surface area contributed by atoms with E-state index in [0.717, 1.165) is 5.56 Å². The lowest BCUT2D eigenvalue weighted by atomic mass is 10.1. The maximum absolute atomic E-state index is 11.3. The second-order valence-corrected chi connectivity index (χ2v) is 6.86. The molecule has 1 aromatic rings. The third-order valence-corrected chi connectivity index (χ3v) is 4.88. The molecular weight excluding hydrogens is 252 g/mol. The fraction of sp³-hybridized carbons (Fsp3) is 0.538. The molecule has 1 heterocycles. The predicted molar refractivity (Wildman–Crippen MR) is 69.4 cm³/mol. The van der Waals surface area contributed by atoms with E-state index in [1.165, 1.54) is 0 Å². The van der Waals surface area contributed by atoms with Gasteiger partial charge in [0.2, 0.25) is 0 Å². The minimum absolute atomic E-state index is 0.104. The van der Waals surface area contributed by atoms with Crippen molar-refractivity contribution in [2.75, 3.05) is 11.5 Å². The fourth-order valence-electron chi connectivity index (χ4n) is 2.05. The summed E-state index contributed by atoms with van der Waals surface area (Å²) >= 11 is 0. The highest BCUT2D eigenvalue weighted by atomic mass is 32.2. The van der Waals surface area contributed by atoms with Gasteiger partial charge in [-0.15, -0.1) is 0 Å². The number of benzene rings is 1. The van der Waals surface area contributed by atoms with Crippen molar-refractivity contribution >= 4 is 9.84 Å². The SMILES string of the molecule is CC[C@@H](O)c1ccc(OC2CCS(=O)(=O)C2)cc1. The van der Waals surface area contributed by atoms with Crippen molar-refractivity contribution in [1.29, 1.82) is 0 Å². The Hall–Kier alpha value is -1.07. The lowest BCUT2D eigenvalue weighted by Gasteiger charge is -2.13. The predicted octanol–water partition coefficient (Wildman–Crippen LogP) is 1.70. The summed E-state index contributed by atoms with van der Waals surface area (Å²) < 4.78 is 28.2. The summed E-state index contributed by atoms with van der Waals surface area (Å²) in [5.41, 5.74) is 0.851. The van der Waals surface area contributed by atoms with Gasteiger partial charge in [0.25, 0.3) is 0 Å². The summed E-state index contributed by atoms with van der Waals surface area (Å²) in [6.45, 7) is 1.92. The van der Waals surface area contributed by atoms with Crippen molar-refractivity contribution in [2.45, 2.75) is 32.0 Å². The molecule has 2 atom stereocenters. The summed E-state index contributed by atoms with van der Waals surface area (Å²) in [5.74, 6) is 0.973. The zero-order valence-corrected chi connectivity index (χ0v) is 11.2. The highest BCUT2D eigenvalue weighted by Gasteiger charge is 2.29. The first kappa shape index (κ1) is 13.4. The first-order valence-corrected chi connectivity index (χ1v) is 7.97. The van der Waals surface area contributed by atoms with E-state index in [-0.39, 0.29) is 17.6 Å². The van der Waals surface area contributed by atoms with Crippen molar-refractivity contribution in [2.24, 2.45) is 0 Å². The van der Waals surface area contributed by atoms with Crippen molar-refractivity contribution in [3.05, 3.63) is 29.8 Å². The number of rotatable bonds is 4. The van der Waals surface area contributed by atoms with Crippen LogP contribution in [0.3, 0.4) is 0 Å². The molecule has 1 aliphatic rings. The smallest absolute Gasteiger partial charge is 0.154 e. The van der Waals surface area contributed by atoms with Gasteiger partial charge in [0.15, 0.2) is 9.84 Å². The molecule has 1 aliphatic heterocycles. The molecule has 18 heavy (non-hydrogen) atoms. The Morgan fingerprint density at radius 2 is 2.06 bits per heavy atom. The third kappa shape index (κ3) is 3.23. The molecule has 1 N–H and O–H groups in total. The van der Waals surface area contributed by atoms with E-state index in [1.54, 1.807) is 12.1 Å². The van der Waals surface area contributed by atoms with Gasteiger partial charge < -0.3 is 9.84 Å². The van der Waals surface area contributed by atoms with Crippen molar-refractivity contribution < 1.29 is 18.3 Å². The third-order valence-electron chi connectivity index (χ3n) is 3.14. The molecule has 0 amide bonds. The van der Waals surface area contributed by atoms with Gasteiger partial charge in [-0.25, -0.2) is 8.42 Å². The van der Waals surface area contributed by atoms with E-state index in [2.05, 4.69) is 0 Å². The van der Waals surface area contributed by atoms with Crippen LogP contribution >= 0.6 is 0 Å². The molecule has 2 rings (SSSR count). The van der Waals surface area contributed by atoms with E-state index in [1.807, 2.05) is 19.1 Å². The van der Waals surface area contributed by atoms with Gasteiger partial charge in [0, 0.05) is 0 Å². The summed E-state index contributed by atoms with van der Waals surface area (Å²) in [6.07, 6.45) is 0.533. The van der Waals surface area contributed by atoms with Gasteiger partial charge >= 0.3 is 0 Å². The monoisotopic (exact) mass is 270 g/mol. The molecule has 0 radical (unpaired) electrons. The summed E-state index contributed by atoms with van der Waals surface area (Å²) in [5, 5.41) is 9.65. The normalized spacial score (nSPS) is 23.8. The van der Waals surface area contributed by atoms with Crippen molar-refractivity contribution in [3.63, 3.8) is 0 Å². The first-order chi connectivity index (χ1) is 8.50. The van der Waals surface area contributed by atoms with E-state index in [0.29, 0.717) is 18.6 Å². The second kappa shape index (κ2) is 5.28. The number of hydrogen-bond acceptors (Lipinski definition) is 4. The molecule has 1 aromatic carbocycles. The van der Waals surface area contributed by atoms with E-state index < -0.39 is 15.9 Å². The average molecular weight is 270 g/mol. The molecule has 100 valence electrons. The maximum Gasteiger partial charge on any atom is 0.154 e. The number of aliphatic hydroxyl groups is 1. The number of sulfone groups is 1. The standard InChI is InChI=1S/C13H18O4S/c1-2-13(14)10-3-5-11(6-4-10)17-12-7-8-18(15,16)9-12/h3-6,12-14H,2,7-9H2,1H3/t12?,13-/m1/s1. The topological polar surface area (TPSA) is 63.6 Å². The van der Waals surface area contributed by atoms with Gasteiger partial charge in [0.1, 0.15) is 11.9 Å². The largest absolute Gasteiger partial charge is 0.489 e. The number of ether oxygens (including phenoxy) is 1. The Bertz CT molecular complexity index is 492. The zero-order valence-electron chi connectivity index (χ0n) is 10.4. The lowest BCUT2D eigenvalue weighted by Crippen LogP contribution is -2.17. The maximum atomic E-state index is 11.3. The highest BCUT2D eigenvalue weighted by Crippen LogP contribution is 2.23. The van der Waals surface area contributed by atoms with Gasteiger partial charge in [-0.05, 0) is 30.5 Å². The summed E-state index contributed by atoms with van der Waals surface area (Å²) in [7, 11) is -2.91. The van der Waals surface area contributed by atoms with Crippen molar-refractivity contribution in [3.8, 4) is 5.75 Å². The zero-order chi connectivity index (χ0) is 13.2. The molecule has 1 fully saturated rings. The Labute approximate surface area is 108 Å². The second-order valence-electron chi connectivity index (χ2n) is 4.64. The van der Waals surface area contributed by atoms with E-state index in [9.17, 15) is 13.5 Å². The van der Waals surface area contributed by atoms with Crippen molar-refractivity contribution in [1.82, 2.24) is 0 Å². The van der Waals surface area contributed by atoms with Gasteiger partial charge in [0.05, 0.1) is 17.6 Å². The molecule has 0 aliphatic carbocycles. The Kier molecular flexibility index (Phi) is 3.92. The highest BCUT2D eigenvalue weighted by molar-refractivity contribution is 7.91. The molecule has 5 heteroatoms. The van der Waals surface area contributed by atoms with Gasteiger partial charge in [-0.1, -0.05) is 19.1 Å². The minimum Gasteiger partial charge on any atom is -0.489 e. The number of aliphatic hydroxyl groups excluding tert-OH is 1. The van der Waals surface area contributed by atoms with Crippen LogP contribution in [0.5, 0.6) is 5.75 Å². The quantitative estimate of drug-likeness (QED) is 0.904. The molecule has 0 spiro atoms. The van der Waals surface area contributed by atoms with Crippen LogP contribution < -0.4 is 4.74 Å². The molecule has 1 saturated heterocycles. The Balaban J connectivity index is 1.99. The van der Waals surface area contributed by atoms with Crippen LogP contribution in [0.15, 0.2) is 24.3 Å². The first-order valence-electron chi connectivity index (χ1n) is 6.15. The van der Waals surface area contributed by atoms with Crippen LogP contribution in [-0.2, 0) is 9.84 Å².